The number of aromatic nitrogens is 4. The van der Waals surface area contributed by atoms with E-state index in [0.717, 1.165) is 60.4 Å². The molecule has 1 aliphatic rings. The molecule has 6 heteroatoms. The van der Waals surface area contributed by atoms with Crippen molar-refractivity contribution in [2.75, 3.05) is 36.0 Å². The lowest BCUT2D eigenvalue weighted by Crippen LogP contribution is -2.47. The lowest BCUT2D eigenvalue weighted by Gasteiger charge is -2.35. The molecule has 1 aromatic carbocycles. The van der Waals surface area contributed by atoms with Gasteiger partial charge in [0, 0.05) is 37.6 Å². The van der Waals surface area contributed by atoms with Crippen LogP contribution in [0.3, 0.4) is 0 Å². The molecule has 0 N–H and O–H groups in total. The molecule has 0 saturated carbocycles. The molecule has 0 unspecified atom stereocenters. The van der Waals surface area contributed by atoms with E-state index in [1.807, 2.05) is 50.4 Å². The van der Waals surface area contributed by atoms with Crippen molar-refractivity contribution in [2.45, 2.75) is 13.8 Å². The maximum Gasteiger partial charge on any atom is 0.225 e. The predicted molar refractivity (Wildman–Crippen MR) is 95.5 cm³/mol. The zero-order valence-corrected chi connectivity index (χ0v) is 14.0. The van der Waals surface area contributed by atoms with Gasteiger partial charge >= 0.3 is 0 Å². The molecule has 0 amide bonds. The first kappa shape index (κ1) is 14.8. The average molecular weight is 320 g/mol. The van der Waals surface area contributed by atoms with Crippen LogP contribution >= 0.6 is 0 Å². The van der Waals surface area contributed by atoms with Gasteiger partial charge in [-0.3, -0.25) is 4.98 Å². The van der Waals surface area contributed by atoms with Crippen molar-refractivity contribution in [2.24, 2.45) is 0 Å². The summed E-state index contributed by atoms with van der Waals surface area (Å²) in [6.07, 6.45) is 1.87. The number of fused-ring (bicyclic) bond motifs is 1. The Morgan fingerprint density at radius 1 is 0.792 bits per heavy atom. The summed E-state index contributed by atoms with van der Waals surface area (Å²) >= 11 is 0. The third-order valence-corrected chi connectivity index (χ3v) is 4.29. The Balaban J connectivity index is 1.50. The Kier molecular flexibility index (Phi) is 3.72. The van der Waals surface area contributed by atoms with Crippen molar-refractivity contribution in [3.63, 3.8) is 0 Å². The summed E-state index contributed by atoms with van der Waals surface area (Å²) in [6, 6.07) is 9.98. The maximum atomic E-state index is 4.74. The maximum absolute atomic E-state index is 4.74. The molecular formula is C18H20N6. The van der Waals surface area contributed by atoms with Crippen LogP contribution in [-0.4, -0.2) is 46.1 Å². The summed E-state index contributed by atoms with van der Waals surface area (Å²) < 4.78 is 0. The number of nitrogens with zero attached hydrogens (tertiary/aromatic N) is 6. The first-order valence-electron chi connectivity index (χ1n) is 8.23. The molecule has 0 spiro atoms. The molecule has 2 aromatic heterocycles. The molecule has 6 nitrogen and oxygen atoms in total. The summed E-state index contributed by atoms with van der Waals surface area (Å²) in [5, 5.41) is 0. The molecule has 0 atom stereocenters. The highest BCUT2D eigenvalue weighted by molar-refractivity contribution is 5.75. The number of anilines is 2. The fraction of sp³-hybridized carbons (Fsp3) is 0.333. The van der Waals surface area contributed by atoms with E-state index in [1.54, 1.807) is 0 Å². The summed E-state index contributed by atoms with van der Waals surface area (Å²) in [7, 11) is 0. The zero-order chi connectivity index (χ0) is 16.5. The molecule has 0 radical (unpaired) electrons. The SMILES string of the molecule is Cc1cc(C)nc(N2CCN(c3cnc4ccccc4n3)CC2)n1. The van der Waals surface area contributed by atoms with E-state index in [0.29, 0.717) is 0 Å². The van der Waals surface area contributed by atoms with Crippen LogP contribution in [0.2, 0.25) is 0 Å². The van der Waals surface area contributed by atoms with Crippen molar-refractivity contribution in [3.05, 3.63) is 47.9 Å². The molecular weight excluding hydrogens is 300 g/mol. The van der Waals surface area contributed by atoms with E-state index in [9.17, 15) is 0 Å². The third kappa shape index (κ3) is 2.87. The minimum atomic E-state index is 0.830. The summed E-state index contributed by atoms with van der Waals surface area (Å²) in [6.45, 7) is 7.58. The van der Waals surface area contributed by atoms with Gasteiger partial charge in [0.05, 0.1) is 17.2 Å². The van der Waals surface area contributed by atoms with Gasteiger partial charge in [-0.1, -0.05) is 12.1 Å². The molecule has 1 saturated heterocycles. The van der Waals surface area contributed by atoms with Crippen LogP contribution in [0.4, 0.5) is 11.8 Å². The minimum Gasteiger partial charge on any atom is -0.352 e. The summed E-state index contributed by atoms with van der Waals surface area (Å²) in [5.41, 5.74) is 3.90. The van der Waals surface area contributed by atoms with Gasteiger partial charge in [-0.25, -0.2) is 15.0 Å². The van der Waals surface area contributed by atoms with Gasteiger partial charge in [-0.2, -0.15) is 0 Å². The molecule has 0 aliphatic carbocycles. The van der Waals surface area contributed by atoms with Crippen molar-refractivity contribution >= 4 is 22.8 Å². The average Bonchev–Trinajstić information content (AvgIpc) is 2.61. The summed E-state index contributed by atoms with van der Waals surface area (Å²) in [4.78, 5) is 22.9. The topological polar surface area (TPSA) is 58.0 Å². The van der Waals surface area contributed by atoms with E-state index in [4.69, 9.17) is 4.98 Å². The Labute approximate surface area is 141 Å². The highest BCUT2D eigenvalue weighted by Crippen LogP contribution is 2.19. The Bertz CT molecular complexity index is 850. The molecule has 4 rings (SSSR count). The van der Waals surface area contributed by atoms with Crippen molar-refractivity contribution in [3.8, 4) is 0 Å². The van der Waals surface area contributed by atoms with Crippen LogP contribution < -0.4 is 9.80 Å². The van der Waals surface area contributed by atoms with Gasteiger partial charge in [-0.15, -0.1) is 0 Å². The molecule has 1 aliphatic heterocycles. The fourth-order valence-electron chi connectivity index (χ4n) is 3.08. The minimum absolute atomic E-state index is 0.830. The number of aryl methyl sites for hydroxylation is 2. The lowest BCUT2D eigenvalue weighted by molar-refractivity contribution is 0.633. The molecule has 1 fully saturated rings. The second kappa shape index (κ2) is 6.03. The normalized spacial score (nSPS) is 15.1. The number of hydrogen-bond donors (Lipinski definition) is 0. The number of piperazine rings is 1. The van der Waals surface area contributed by atoms with Crippen molar-refractivity contribution in [1.82, 2.24) is 19.9 Å². The fourth-order valence-corrected chi connectivity index (χ4v) is 3.08. The monoisotopic (exact) mass is 320 g/mol. The Hall–Kier alpha value is -2.76. The van der Waals surface area contributed by atoms with Crippen molar-refractivity contribution < 1.29 is 0 Å². The number of para-hydroxylation sites is 2. The van der Waals surface area contributed by atoms with Gasteiger partial charge in [-0.05, 0) is 32.0 Å². The van der Waals surface area contributed by atoms with Crippen LogP contribution in [0.1, 0.15) is 11.4 Å². The second-order valence-electron chi connectivity index (χ2n) is 6.14. The van der Waals surface area contributed by atoms with Crippen molar-refractivity contribution in [1.29, 1.82) is 0 Å². The van der Waals surface area contributed by atoms with E-state index in [2.05, 4.69) is 24.8 Å². The Morgan fingerprint density at radius 2 is 1.42 bits per heavy atom. The van der Waals surface area contributed by atoms with E-state index < -0.39 is 0 Å². The van der Waals surface area contributed by atoms with E-state index in [1.165, 1.54) is 0 Å². The van der Waals surface area contributed by atoms with Crippen LogP contribution in [-0.2, 0) is 0 Å². The summed E-state index contributed by atoms with van der Waals surface area (Å²) in [5.74, 6) is 1.77. The van der Waals surface area contributed by atoms with E-state index >= 15 is 0 Å². The van der Waals surface area contributed by atoms with Gasteiger partial charge < -0.3 is 9.80 Å². The standard InChI is InChI=1S/C18H20N6/c1-13-11-14(2)21-18(20-13)24-9-7-23(8-10-24)17-12-19-15-5-3-4-6-16(15)22-17/h3-6,11-12H,7-10H2,1-2H3. The van der Waals surface area contributed by atoms with E-state index in [-0.39, 0.29) is 0 Å². The van der Waals surface area contributed by atoms with Crippen LogP contribution in [0.15, 0.2) is 36.5 Å². The second-order valence-corrected chi connectivity index (χ2v) is 6.14. The smallest absolute Gasteiger partial charge is 0.225 e. The highest BCUT2D eigenvalue weighted by Gasteiger charge is 2.20. The van der Waals surface area contributed by atoms with Gasteiger partial charge in [0.25, 0.3) is 0 Å². The largest absolute Gasteiger partial charge is 0.352 e. The molecule has 122 valence electrons. The molecule has 24 heavy (non-hydrogen) atoms. The molecule has 3 heterocycles. The predicted octanol–water partition coefficient (Wildman–Crippen LogP) is 2.36. The van der Waals surface area contributed by atoms with Crippen LogP contribution in [0, 0.1) is 13.8 Å². The quantitative estimate of drug-likeness (QED) is 0.722. The molecule has 3 aromatic rings. The Morgan fingerprint density at radius 3 is 2.12 bits per heavy atom. The number of hydrogen-bond acceptors (Lipinski definition) is 6. The highest BCUT2D eigenvalue weighted by atomic mass is 15.3. The third-order valence-electron chi connectivity index (χ3n) is 4.29. The first-order valence-corrected chi connectivity index (χ1v) is 8.23. The lowest BCUT2D eigenvalue weighted by atomic mass is 10.3. The number of rotatable bonds is 2. The number of benzene rings is 1. The van der Waals surface area contributed by atoms with Gasteiger partial charge in [0.15, 0.2) is 0 Å². The van der Waals surface area contributed by atoms with Gasteiger partial charge in [0.2, 0.25) is 5.95 Å². The van der Waals surface area contributed by atoms with Gasteiger partial charge in [0.1, 0.15) is 5.82 Å². The van der Waals surface area contributed by atoms with Crippen LogP contribution in [0.5, 0.6) is 0 Å². The molecule has 0 bridgehead atoms. The first-order chi connectivity index (χ1) is 11.7. The zero-order valence-electron chi connectivity index (χ0n) is 14.0. The van der Waals surface area contributed by atoms with Crippen LogP contribution in [0.25, 0.3) is 11.0 Å².